The van der Waals surface area contributed by atoms with Crippen molar-refractivity contribution >= 4 is 5.91 Å². The first kappa shape index (κ1) is 11.3. The summed E-state index contributed by atoms with van der Waals surface area (Å²) in [6.45, 7) is 1.86. The van der Waals surface area contributed by atoms with E-state index in [1.54, 1.807) is 0 Å². The van der Waals surface area contributed by atoms with E-state index in [0.717, 1.165) is 37.3 Å². The van der Waals surface area contributed by atoms with Crippen molar-refractivity contribution in [2.24, 2.45) is 23.2 Å². The molecule has 1 atom stereocenters. The van der Waals surface area contributed by atoms with Gasteiger partial charge in [-0.2, -0.15) is 0 Å². The highest BCUT2D eigenvalue weighted by Crippen LogP contribution is 2.61. The Kier molecular flexibility index (Phi) is 2.48. The van der Waals surface area contributed by atoms with Crippen LogP contribution in [0.25, 0.3) is 0 Å². The third-order valence-electron chi connectivity index (χ3n) is 5.96. The Morgan fingerprint density at radius 3 is 2.17 bits per heavy atom. The summed E-state index contributed by atoms with van der Waals surface area (Å²) in [6, 6.07) is 0.105. The maximum atomic E-state index is 12.4. The lowest BCUT2D eigenvalue weighted by Crippen LogP contribution is -2.60. The second-order valence-corrected chi connectivity index (χ2v) is 7.31. The van der Waals surface area contributed by atoms with E-state index in [2.05, 4.69) is 10.6 Å². The minimum atomic E-state index is 0.105. The molecule has 3 nitrogen and oxygen atoms in total. The topological polar surface area (TPSA) is 41.1 Å². The molecule has 3 heteroatoms. The number of rotatable bonds is 1. The van der Waals surface area contributed by atoms with Crippen LogP contribution < -0.4 is 10.6 Å². The summed E-state index contributed by atoms with van der Waals surface area (Å²) in [7, 11) is 0. The van der Waals surface area contributed by atoms with E-state index in [0.29, 0.717) is 5.41 Å². The summed E-state index contributed by atoms with van der Waals surface area (Å²) in [4.78, 5) is 12.4. The molecular formula is C15H24N2O. The van der Waals surface area contributed by atoms with E-state index < -0.39 is 0 Å². The SMILES string of the molecule is O=C1NCCCNC1C12CC3CC(CC(C3)C1)C2. The van der Waals surface area contributed by atoms with E-state index in [9.17, 15) is 4.79 Å². The van der Waals surface area contributed by atoms with Gasteiger partial charge in [0.25, 0.3) is 0 Å². The lowest BCUT2D eigenvalue weighted by molar-refractivity contribution is -0.134. The van der Waals surface area contributed by atoms with Gasteiger partial charge in [-0.15, -0.1) is 0 Å². The summed E-state index contributed by atoms with van der Waals surface area (Å²) in [5.41, 5.74) is 0.309. The molecule has 0 aromatic carbocycles. The molecule has 4 aliphatic carbocycles. The molecular weight excluding hydrogens is 224 g/mol. The summed E-state index contributed by atoms with van der Waals surface area (Å²) in [5.74, 6) is 3.06. The molecule has 5 fully saturated rings. The van der Waals surface area contributed by atoms with Crippen LogP contribution in [0.2, 0.25) is 0 Å². The Balaban J connectivity index is 1.64. The van der Waals surface area contributed by atoms with E-state index in [1.807, 2.05) is 0 Å². The molecule has 1 aliphatic heterocycles. The zero-order valence-electron chi connectivity index (χ0n) is 11.1. The number of amides is 1. The van der Waals surface area contributed by atoms with E-state index >= 15 is 0 Å². The van der Waals surface area contributed by atoms with Gasteiger partial charge in [-0.3, -0.25) is 4.79 Å². The predicted octanol–water partition coefficient (Wildman–Crippen LogP) is 1.68. The van der Waals surface area contributed by atoms with Crippen LogP contribution in [0.15, 0.2) is 0 Å². The number of hydrogen-bond donors (Lipinski definition) is 2. The van der Waals surface area contributed by atoms with Crippen LogP contribution in [0.3, 0.4) is 0 Å². The monoisotopic (exact) mass is 248 g/mol. The molecule has 4 bridgehead atoms. The largest absolute Gasteiger partial charge is 0.355 e. The average Bonchev–Trinajstić information content (AvgIpc) is 2.52. The Labute approximate surface area is 109 Å². The fourth-order valence-electron chi connectivity index (χ4n) is 5.77. The van der Waals surface area contributed by atoms with Crippen molar-refractivity contribution in [2.75, 3.05) is 13.1 Å². The molecule has 0 aromatic rings. The molecule has 1 saturated heterocycles. The van der Waals surface area contributed by atoms with Gasteiger partial charge in [0, 0.05) is 6.54 Å². The average molecular weight is 248 g/mol. The van der Waals surface area contributed by atoms with Gasteiger partial charge in [0.1, 0.15) is 0 Å². The van der Waals surface area contributed by atoms with Crippen LogP contribution in [0, 0.1) is 23.2 Å². The lowest BCUT2D eigenvalue weighted by Gasteiger charge is -2.59. The van der Waals surface area contributed by atoms with Gasteiger partial charge in [-0.25, -0.2) is 0 Å². The minimum absolute atomic E-state index is 0.105. The van der Waals surface area contributed by atoms with Gasteiger partial charge in [-0.1, -0.05) is 0 Å². The molecule has 2 N–H and O–H groups in total. The third kappa shape index (κ3) is 1.63. The maximum absolute atomic E-state index is 12.4. The molecule has 0 radical (unpaired) electrons. The molecule has 4 saturated carbocycles. The number of carbonyl (C=O) groups is 1. The van der Waals surface area contributed by atoms with Crippen LogP contribution >= 0.6 is 0 Å². The van der Waals surface area contributed by atoms with Crippen LogP contribution in [0.5, 0.6) is 0 Å². The third-order valence-corrected chi connectivity index (χ3v) is 5.96. The Morgan fingerprint density at radius 1 is 0.944 bits per heavy atom. The van der Waals surface area contributed by atoms with Crippen molar-refractivity contribution < 1.29 is 4.79 Å². The maximum Gasteiger partial charge on any atom is 0.237 e. The first-order valence-corrected chi connectivity index (χ1v) is 7.76. The smallest absolute Gasteiger partial charge is 0.237 e. The van der Waals surface area contributed by atoms with Crippen LogP contribution in [-0.2, 0) is 4.79 Å². The summed E-state index contributed by atoms with van der Waals surface area (Å²) >= 11 is 0. The molecule has 18 heavy (non-hydrogen) atoms. The zero-order chi connectivity index (χ0) is 12.2. The molecule has 5 rings (SSSR count). The summed E-state index contributed by atoms with van der Waals surface area (Å²) in [5, 5.41) is 6.69. The fraction of sp³-hybridized carbons (Fsp3) is 0.933. The van der Waals surface area contributed by atoms with Crippen LogP contribution in [-0.4, -0.2) is 25.0 Å². The molecule has 0 aromatic heterocycles. The standard InChI is InChI=1S/C15H24N2O/c18-14-13(16-2-1-3-17-14)15-7-10-4-11(8-15)6-12(5-10)9-15/h10-13,16H,1-9H2,(H,17,18). The Hall–Kier alpha value is -0.570. The number of nitrogens with one attached hydrogen (secondary N) is 2. The minimum Gasteiger partial charge on any atom is -0.355 e. The van der Waals surface area contributed by atoms with Crippen LogP contribution in [0.1, 0.15) is 44.9 Å². The van der Waals surface area contributed by atoms with Crippen molar-refractivity contribution in [3.8, 4) is 0 Å². The lowest BCUT2D eigenvalue weighted by atomic mass is 9.47. The highest BCUT2D eigenvalue weighted by molar-refractivity contribution is 5.83. The van der Waals surface area contributed by atoms with Gasteiger partial charge in [0.15, 0.2) is 0 Å². The van der Waals surface area contributed by atoms with Crippen molar-refractivity contribution in [1.82, 2.24) is 10.6 Å². The molecule has 1 heterocycles. The van der Waals surface area contributed by atoms with Crippen molar-refractivity contribution in [3.63, 3.8) is 0 Å². The van der Waals surface area contributed by atoms with E-state index in [1.165, 1.54) is 38.5 Å². The van der Waals surface area contributed by atoms with Crippen molar-refractivity contribution in [3.05, 3.63) is 0 Å². The highest BCUT2D eigenvalue weighted by atomic mass is 16.2. The summed E-state index contributed by atoms with van der Waals surface area (Å²) in [6.07, 6.45) is 9.36. The predicted molar refractivity (Wildman–Crippen MR) is 70.0 cm³/mol. The molecule has 0 spiro atoms. The van der Waals surface area contributed by atoms with E-state index in [4.69, 9.17) is 0 Å². The summed E-state index contributed by atoms with van der Waals surface area (Å²) < 4.78 is 0. The van der Waals surface area contributed by atoms with Gasteiger partial charge in [0.05, 0.1) is 6.04 Å². The van der Waals surface area contributed by atoms with Crippen molar-refractivity contribution in [2.45, 2.75) is 51.0 Å². The first-order chi connectivity index (χ1) is 8.75. The quantitative estimate of drug-likeness (QED) is 0.741. The zero-order valence-corrected chi connectivity index (χ0v) is 11.1. The number of hydrogen-bond acceptors (Lipinski definition) is 2. The fourth-order valence-corrected chi connectivity index (χ4v) is 5.77. The Bertz CT molecular complexity index is 330. The van der Waals surface area contributed by atoms with Gasteiger partial charge in [-0.05, 0) is 74.7 Å². The van der Waals surface area contributed by atoms with Gasteiger partial charge in [0.2, 0.25) is 5.91 Å². The second-order valence-electron chi connectivity index (χ2n) is 7.31. The van der Waals surface area contributed by atoms with Crippen molar-refractivity contribution in [1.29, 1.82) is 0 Å². The second kappa shape index (κ2) is 3.96. The molecule has 1 unspecified atom stereocenters. The van der Waals surface area contributed by atoms with Gasteiger partial charge >= 0.3 is 0 Å². The Morgan fingerprint density at radius 2 is 1.56 bits per heavy atom. The first-order valence-electron chi connectivity index (χ1n) is 7.76. The molecule has 5 aliphatic rings. The molecule has 1 amide bonds. The number of carbonyl (C=O) groups excluding carboxylic acids is 1. The van der Waals surface area contributed by atoms with Gasteiger partial charge < -0.3 is 10.6 Å². The highest BCUT2D eigenvalue weighted by Gasteiger charge is 2.55. The molecule has 100 valence electrons. The van der Waals surface area contributed by atoms with E-state index in [-0.39, 0.29) is 11.9 Å². The van der Waals surface area contributed by atoms with Crippen LogP contribution in [0.4, 0.5) is 0 Å². The normalized spacial score (nSPS) is 51.0.